The Morgan fingerprint density at radius 2 is 1.49 bits per heavy atom. The molecule has 0 N–H and O–H groups in total. The SMILES string of the molecule is Fc1ccccc1-c1ccncc1CN1C(c2ccc(Cl)c(Cl)c2)=NOC1c1cc(C(F)(F)F)cc(C(F)(F)F)c1. The van der Waals surface area contributed by atoms with E-state index in [4.69, 9.17) is 28.0 Å². The van der Waals surface area contributed by atoms with E-state index in [1.807, 2.05) is 0 Å². The summed E-state index contributed by atoms with van der Waals surface area (Å²) < 4.78 is 96.6. The van der Waals surface area contributed by atoms with Crippen LogP contribution in [-0.2, 0) is 23.7 Å². The molecule has 0 amide bonds. The van der Waals surface area contributed by atoms with Gasteiger partial charge in [0, 0.05) is 29.1 Å². The summed E-state index contributed by atoms with van der Waals surface area (Å²) >= 11 is 12.2. The fourth-order valence-electron chi connectivity index (χ4n) is 4.37. The van der Waals surface area contributed by atoms with Crippen LogP contribution >= 0.6 is 23.2 Å². The molecule has 1 unspecified atom stereocenters. The third-order valence-electron chi connectivity index (χ3n) is 6.28. The second-order valence-electron chi connectivity index (χ2n) is 8.98. The molecule has 0 saturated heterocycles. The van der Waals surface area contributed by atoms with E-state index in [0.29, 0.717) is 28.8 Å². The highest BCUT2D eigenvalue weighted by Crippen LogP contribution is 2.41. The van der Waals surface area contributed by atoms with E-state index in [1.54, 1.807) is 12.1 Å². The highest BCUT2D eigenvalue weighted by molar-refractivity contribution is 6.42. The summed E-state index contributed by atoms with van der Waals surface area (Å²) in [6.45, 7) is -0.196. The fraction of sp³-hybridized carbons (Fsp3) is 0.143. The zero-order valence-corrected chi connectivity index (χ0v) is 22.0. The first kappa shape index (κ1) is 28.7. The molecular weight excluding hydrogens is 598 g/mol. The highest BCUT2D eigenvalue weighted by Gasteiger charge is 2.40. The molecule has 0 aliphatic carbocycles. The average molecular weight is 614 g/mol. The summed E-state index contributed by atoms with van der Waals surface area (Å²) in [5.41, 5.74) is -2.15. The van der Waals surface area contributed by atoms with Crippen molar-refractivity contribution >= 4 is 29.0 Å². The number of hydrogen-bond donors (Lipinski definition) is 0. The van der Waals surface area contributed by atoms with Crippen LogP contribution in [0.5, 0.6) is 0 Å². The molecule has 1 aromatic heterocycles. The van der Waals surface area contributed by atoms with Gasteiger partial charge >= 0.3 is 12.4 Å². The Morgan fingerprint density at radius 3 is 2.12 bits per heavy atom. The van der Waals surface area contributed by atoms with E-state index < -0.39 is 41.1 Å². The minimum atomic E-state index is -5.08. The molecule has 4 aromatic rings. The van der Waals surface area contributed by atoms with Crippen LogP contribution in [0.2, 0.25) is 10.0 Å². The molecule has 212 valence electrons. The summed E-state index contributed by atoms with van der Waals surface area (Å²) in [6.07, 6.45) is -8.84. The number of nitrogens with zero attached hydrogens (tertiary/aromatic N) is 3. The van der Waals surface area contributed by atoms with Crippen molar-refractivity contribution in [1.82, 2.24) is 9.88 Å². The summed E-state index contributed by atoms with van der Waals surface area (Å²) in [5, 5.41) is 4.33. The van der Waals surface area contributed by atoms with Crippen molar-refractivity contribution in [1.29, 1.82) is 0 Å². The number of pyridine rings is 1. The molecule has 0 radical (unpaired) electrons. The molecule has 0 spiro atoms. The van der Waals surface area contributed by atoms with Gasteiger partial charge in [-0.3, -0.25) is 4.98 Å². The van der Waals surface area contributed by atoms with E-state index in [-0.39, 0.29) is 34.1 Å². The Kier molecular flexibility index (Phi) is 7.60. The standard InChI is InChI=1S/C28H16Cl2F7N3O/c29-22-6-5-15(11-23(22)30)25-39-41-26(16-9-18(27(32,33)34)12-19(10-16)28(35,36)37)40(25)14-17-13-38-8-7-20(17)21-3-1-2-4-24(21)31/h1-13,26H,14H2. The molecule has 5 rings (SSSR count). The van der Waals surface area contributed by atoms with Crippen molar-refractivity contribution < 1.29 is 35.6 Å². The number of alkyl halides is 6. The highest BCUT2D eigenvalue weighted by atomic mass is 35.5. The lowest BCUT2D eigenvalue weighted by atomic mass is 9.99. The van der Waals surface area contributed by atoms with Gasteiger partial charge in [0.2, 0.25) is 6.23 Å². The average Bonchev–Trinajstić information content (AvgIpc) is 3.33. The van der Waals surface area contributed by atoms with Crippen molar-refractivity contribution in [2.24, 2.45) is 5.16 Å². The minimum Gasteiger partial charge on any atom is -0.363 e. The number of hydrogen-bond acceptors (Lipinski definition) is 4. The van der Waals surface area contributed by atoms with Gasteiger partial charge in [-0.2, -0.15) is 26.3 Å². The summed E-state index contributed by atoms with van der Waals surface area (Å²) in [6, 6.07) is 13.0. The first-order chi connectivity index (χ1) is 19.3. The predicted octanol–water partition coefficient (Wildman–Crippen LogP) is 9.12. The maximum Gasteiger partial charge on any atom is 0.416 e. The van der Waals surface area contributed by atoms with E-state index in [1.165, 1.54) is 53.7 Å². The number of aromatic nitrogens is 1. The number of benzene rings is 3. The first-order valence-electron chi connectivity index (χ1n) is 11.8. The van der Waals surface area contributed by atoms with Crippen LogP contribution < -0.4 is 0 Å². The van der Waals surface area contributed by atoms with E-state index in [2.05, 4.69) is 10.1 Å². The van der Waals surface area contributed by atoms with Gasteiger partial charge in [0.15, 0.2) is 5.84 Å². The van der Waals surface area contributed by atoms with Crippen LogP contribution in [0.15, 0.2) is 84.3 Å². The van der Waals surface area contributed by atoms with Gasteiger partial charge < -0.3 is 9.74 Å². The Labute approximate surface area is 238 Å². The molecule has 1 aliphatic rings. The molecule has 0 saturated carbocycles. The molecule has 0 fully saturated rings. The molecule has 13 heteroatoms. The molecule has 41 heavy (non-hydrogen) atoms. The second-order valence-corrected chi connectivity index (χ2v) is 9.80. The zero-order valence-electron chi connectivity index (χ0n) is 20.4. The Balaban J connectivity index is 1.65. The molecule has 1 aliphatic heterocycles. The number of halogens is 9. The summed E-state index contributed by atoms with van der Waals surface area (Å²) in [5.74, 6) is -0.497. The van der Waals surface area contributed by atoms with Crippen molar-refractivity contribution in [3.63, 3.8) is 0 Å². The molecule has 0 bridgehead atoms. The third-order valence-corrected chi connectivity index (χ3v) is 7.01. The number of amidine groups is 1. The van der Waals surface area contributed by atoms with Gasteiger partial charge in [-0.25, -0.2) is 4.39 Å². The van der Waals surface area contributed by atoms with E-state index >= 15 is 0 Å². The molecule has 2 heterocycles. The van der Waals surface area contributed by atoms with Gasteiger partial charge in [-0.15, -0.1) is 0 Å². The monoisotopic (exact) mass is 613 g/mol. The largest absolute Gasteiger partial charge is 0.416 e. The molecule has 4 nitrogen and oxygen atoms in total. The lowest BCUT2D eigenvalue weighted by molar-refractivity contribution is -0.143. The molecule has 1 atom stereocenters. The lowest BCUT2D eigenvalue weighted by Crippen LogP contribution is -2.31. The van der Waals surface area contributed by atoms with Crippen LogP contribution in [0.25, 0.3) is 11.1 Å². The van der Waals surface area contributed by atoms with Crippen molar-refractivity contribution in [3.05, 3.63) is 123 Å². The van der Waals surface area contributed by atoms with Gasteiger partial charge in [0.05, 0.1) is 27.7 Å². The second kappa shape index (κ2) is 10.9. The molecular formula is C28H16Cl2F7N3O. The van der Waals surface area contributed by atoms with Crippen molar-refractivity contribution in [2.45, 2.75) is 25.1 Å². The smallest absolute Gasteiger partial charge is 0.363 e. The molecule has 3 aromatic carbocycles. The quantitative estimate of drug-likeness (QED) is 0.211. The van der Waals surface area contributed by atoms with Crippen LogP contribution in [0.3, 0.4) is 0 Å². The zero-order chi connectivity index (χ0) is 29.5. The van der Waals surface area contributed by atoms with E-state index in [9.17, 15) is 30.7 Å². The maximum atomic E-state index is 14.7. The maximum absolute atomic E-state index is 14.7. The van der Waals surface area contributed by atoms with Crippen LogP contribution in [0, 0.1) is 5.82 Å². The fourth-order valence-corrected chi connectivity index (χ4v) is 4.67. The van der Waals surface area contributed by atoms with Crippen LogP contribution in [0.4, 0.5) is 30.7 Å². The summed E-state index contributed by atoms with van der Waals surface area (Å²) in [7, 11) is 0. The van der Waals surface area contributed by atoms with Gasteiger partial charge in [-0.05, 0) is 59.7 Å². The van der Waals surface area contributed by atoms with Crippen LogP contribution in [-0.4, -0.2) is 15.7 Å². The number of oxime groups is 1. The Hall–Kier alpha value is -3.83. The number of rotatable bonds is 5. The van der Waals surface area contributed by atoms with Gasteiger partial charge in [0.1, 0.15) is 5.82 Å². The minimum absolute atomic E-state index is 0.0287. The third kappa shape index (κ3) is 5.96. The van der Waals surface area contributed by atoms with Gasteiger partial charge in [0.25, 0.3) is 0 Å². The van der Waals surface area contributed by atoms with Crippen LogP contribution in [0.1, 0.15) is 34.0 Å². The lowest BCUT2D eigenvalue weighted by Gasteiger charge is -2.27. The van der Waals surface area contributed by atoms with Crippen molar-refractivity contribution in [3.8, 4) is 11.1 Å². The predicted molar refractivity (Wildman–Crippen MR) is 138 cm³/mol. The normalized spacial score (nSPS) is 15.6. The topological polar surface area (TPSA) is 37.7 Å². The first-order valence-corrected chi connectivity index (χ1v) is 12.5. The van der Waals surface area contributed by atoms with Crippen molar-refractivity contribution in [2.75, 3.05) is 0 Å². The van der Waals surface area contributed by atoms with Gasteiger partial charge in [-0.1, -0.05) is 46.6 Å². The Morgan fingerprint density at radius 1 is 0.805 bits per heavy atom. The Bertz CT molecular complexity index is 1610. The van der Waals surface area contributed by atoms with E-state index in [0.717, 1.165) is 0 Å². The summed E-state index contributed by atoms with van der Waals surface area (Å²) in [4.78, 5) is 10.9.